The number of benzene rings is 1. The number of hydrogen-bond acceptors (Lipinski definition) is 6. The molecule has 132 valence electrons. The van der Waals surface area contributed by atoms with Crippen LogP contribution in [0.15, 0.2) is 47.2 Å². The lowest BCUT2D eigenvalue weighted by atomic mass is 9.71. The summed E-state index contributed by atoms with van der Waals surface area (Å²) in [5.41, 5.74) is 6.18. The number of rotatable bonds is 3. The molecule has 25 heavy (non-hydrogen) atoms. The average molecular weight is 344 g/mol. The number of ketones is 1. The van der Waals surface area contributed by atoms with Crippen molar-refractivity contribution in [3.63, 3.8) is 0 Å². The Morgan fingerprint density at radius 1 is 1.36 bits per heavy atom. The molecule has 0 aromatic heterocycles. The lowest BCUT2D eigenvalue weighted by molar-refractivity contribution is -0.433. The van der Waals surface area contributed by atoms with E-state index in [-0.39, 0.29) is 22.8 Å². The van der Waals surface area contributed by atoms with Gasteiger partial charge in [-0.3, -0.25) is 14.9 Å². The van der Waals surface area contributed by atoms with Gasteiger partial charge in [-0.1, -0.05) is 26.0 Å². The summed E-state index contributed by atoms with van der Waals surface area (Å²) in [5.74, 6) is -0.293. The fraction of sp³-hybridized carbons (Fsp3) is 0.389. The van der Waals surface area contributed by atoms with Crippen LogP contribution in [0, 0.1) is 15.5 Å². The average Bonchev–Trinajstić information content (AvgIpc) is 2.51. The molecule has 1 aliphatic heterocycles. The van der Waals surface area contributed by atoms with Crippen LogP contribution >= 0.6 is 0 Å². The van der Waals surface area contributed by atoms with Gasteiger partial charge in [0.2, 0.25) is 0 Å². The van der Waals surface area contributed by atoms with E-state index in [4.69, 9.17) is 15.2 Å². The largest absolute Gasteiger partial charge is 0.497 e. The Morgan fingerprint density at radius 2 is 2.08 bits per heavy atom. The van der Waals surface area contributed by atoms with E-state index in [2.05, 4.69) is 0 Å². The van der Waals surface area contributed by atoms with E-state index in [9.17, 15) is 14.9 Å². The Kier molecular flexibility index (Phi) is 4.02. The first kappa shape index (κ1) is 17.0. The molecular weight excluding hydrogens is 324 g/mol. The highest BCUT2D eigenvalue weighted by Gasteiger charge is 2.47. The number of nitrogens with two attached hydrogens (primary N) is 1. The van der Waals surface area contributed by atoms with Crippen LogP contribution in [0.2, 0.25) is 0 Å². The molecule has 0 amide bonds. The molecule has 1 aliphatic carbocycles. The molecule has 2 aliphatic rings. The molecule has 1 heterocycles. The number of nitrogens with zero attached hydrogens (tertiary/aromatic N) is 1. The number of methoxy groups -OCH3 is 1. The quantitative estimate of drug-likeness (QED) is 0.668. The van der Waals surface area contributed by atoms with Crippen LogP contribution < -0.4 is 10.5 Å². The summed E-state index contributed by atoms with van der Waals surface area (Å²) < 4.78 is 10.7. The molecule has 1 aromatic carbocycles. The van der Waals surface area contributed by atoms with Crippen LogP contribution in [0.25, 0.3) is 0 Å². The van der Waals surface area contributed by atoms with Gasteiger partial charge in [0.1, 0.15) is 17.4 Å². The molecule has 0 saturated heterocycles. The number of nitro groups is 1. The van der Waals surface area contributed by atoms with Gasteiger partial charge in [0, 0.05) is 12.8 Å². The van der Waals surface area contributed by atoms with E-state index in [1.165, 1.54) is 7.11 Å². The first-order valence-electron chi connectivity index (χ1n) is 7.95. The number of hydrogen-bond donors (Lipinski definition) is 1. The highest BCUT2D eigenvalue weighted by Crippen LogP contribution is 2.48. The zero-order valence-corrected chi connectivity index (χ0v) is 14.4. The standard InChI is InChI=1S/C18H20N2O5/c1-18(2)8-12(21)15-13(9-18)25-17(19)16(20(22)23)14(15)10-5-4-6-11(7-10)24-3/h4-7,14H,8-9,19H2,1-3H3/t14-/m0/s1. The Hall–Kier alpha value is -2.83. The molecule has 7 nitrogen and oxygen atoms in total. The molecule has 0 bridgehead atoms. The van der Waals surface area contributed by atoms with Crippen molar-refractivity contribution in [2.24, 2.45) is 11.1 Å². The highest BCUT2D eigenvalue weighted by molar-refractivity contribution is 5.99. The van der Waals surface area contributed by atoms with Gasteiger partial charge in [-0.2, -0.15) is 0 Å². The van der Waals surface area contributed by atoms with Crippen molar-refractivity contribution in [1.29, 1.82) is 0 Å². The predicted octanol–water partition coefficient (Wildman–Crippen LogP) is 2.86. The lowest BCUT2D eigenvalue weighted by Crippen LogP contribution is -2.35. The van der Waals surface area contributed by atoms with E-state index < -0.39 is 10.8 Å². The van der Waals surface area contributed by atoms with Crippen molar-refractivity contribution in [2.45, 2.75) is 32.6 Å². The predicted molar refractivity (Wildman–Crippen MR) is 90.1 cm³/mol. The van der Waals surface area contributed by atoms with Crippen molar-refractivity contribution >= 4 is 5.78 Å². The fourth-order valence-corrected chi connectivity index (χ4v) is 3.50. The second kappa shape index (κ2) is 5.91. The zero-order valence-electron chi connectivity index (χ0n) is 14.4. The summed E-state index contributed by atoms with van der Waals surface area (Å²) in [7, 11) is 1.51. The SMILES string of the molecule is COc1cccc([C@H]2C3=C(CC(C)(C)CC3=O)OC(N)=C2[N+](=O)[O-])c1. The van der Waals surface area contributed by atoms with Crippen molar-refractivity contribution in [3.05, 3.63) is 62.9 Å². The third kappa shape index (κ3) is 2.97. The van der Waals surface area contributed by atoms with Crippen molar-refractivity contribution in [3.8, 4) is 5.75 Å². The van der Waals surface area contributed by atoms with Gasteiger partial charge in [0.25, 0.3) is 5.88 Å². The molecule has 0 spiro atoms. The van der Waals surface area contributed by atoms with Gasteiger partial charge in [-0.05, 0) is 23.1 Å². The smallest absolute Gasteiger partial charge is 0.317 e. The Balaban J connectivity index is 2.20. The summed E-state index contributed by atoms with van der Waals surface area (Å²) in [6, 6.07) is 6.88. The Labute approximate surface area is 145 Å². The second-order valence-electron chi connectivity index (χ2n) is 7.10. The van der Waals surface area contributed by atoms with Crippen molar-refractivity contribution in [2.75, 3.05) is 7.11 Å². The van der Waals surface area contributed by atoms with Crippen LogP contribution in [0.1, 0.15) is 38.2 Å². The van der Waals surface area contributed by atoms with Crippen LogP contribution in [-0.2, 0) is 9.53 Å². The summed E-state index contributed by atoms with van der Waals surface area (Å²) in [5, 5.41) is 11.6. The minimum Gasteiger partial charge on any atom is -0.497 e. The van der Waals surface area contributed by atoms with Crippen molar-refractivity contribution in [1.82, 2.24) is 0 Å². The molecule has 7 heteroatoms. The summed E-state index contributed by atoms with van der Waals surface area (Å²) in [6.45, 7) is 3.92. The topological polar surface area (TPSA) is 105 Å². The van der Waals surface area contributed by atoms with E-state index >= 15 is 0 Å². The summed E-state index contributed by atoms with van der Waals surface area (Å²) in [4.78, 5) is 23.9. The van der Waals surface area contributed by atoms with Gasteiger partial charge in [-0.25, -0.2) is 0 Å². The first-order valence-corrected chi connectivity index (χ1v) is 7.95. The molecule has 1 atom stereocenters. The number of allylic oxidation sites excluding steroid dienone is 2. The van der Waals surface area contributed by atoms with Crippen LogP contribution in [0.3, 0.4) is 0 Å². The van der Waals surface area contributed by atoms with E-state index in [0.717, 1.165) is 0 Å². The van der Waals surface area contributed by atoms with Gasteiger partial charge < -0.3 is 15.2 Å². The van der Waals surface area contributed by atoms with Crippen LogP contribution in [0.5, 0.6) is 5.75 Å². The van der Waals surface area contributed by atoms with E-state index in [0.29, 0.717) is 35.5 Å². The second-order valence-corrected chi connectivity index (χ2v) is 7.10. The molecule has 0 saturated carbocycles. The lowest BCUT2D eigenvalue weighted by Gasteiger charge is -2.36. The normalized spacial score (nSPS) is 22.4. The number of carbonyl (C=O) groups excluding carboxylic acids is 1. The van der Waals surface area contributed by atoms with Crippen LogP contribution in [-0.4, -0.2) is 17.8 Å². The molecule has 2 N–H and O–H groups in total. The van der Waals surface area contributed by atoms with Crippen molar-refractivity contribution < 1.29 is 19.2 Å². The first-order chi connectivity index (χ1) is 11.7. The molecular formula is C18H20N2O5. The molecule has 1 aromatic rings. The van der Waals surface area contributed by atoms with E-state index in [1.807, 2.05) is 13.8 Å². The number of Topliss-reactive ketones (excluding diaryl/α,β-unsaturated/α-hetero) is 1. The van der Waals surface area contributed by atoms with Gasteiger partial charge >= 0.3 is 5.70 Å². The monoisotopic (exact) mass is 344 g/mol. The highest BCUT2D eigenvalue weighted by atomic mass is 16.6. The van der Waals surface area contributed by atoms with E-state index in [1.54, 1.807) is 24.3 Å². The number of carbonyl (C=O) groups is 1. The maximum Gasteiger partial charge on any atom is 0.317 e. The minimum atomic E-state index is -0.863. The summed E-state index contributed by atoms with van der Waals surface area (Å²) in [6.07, 6.45) is 0.806. The molecule has 0 fully saturated rings. The van der Waals surface area contributed by atoms with Gasteiger partial charge in [-0.15, -0.1) is 0 Å². The van der Waals surface area contributed by atoms with Crippen LogP contribution in [0.4, 0.5) is 0 Å². The summed E-state index contributed by atoms with van der Waals surface area (Å²) >= 11 is 0. The maximum atomic E-state index is 12.8. The Morgan fingerprint density at radius 3 is 2.72 bits per heavy atom. The third-order valence-electron chi connectivity index (χ3n) is 4.55. The zero-order chi connectivity index (χ0) is 18.4. The molecule has 0 unspecified atom stereocenters. The maximum absolute atomic E-state index is 12.8. The molecule has 3 rings (SSSR count). The molecule has 0 radical (unpaired) electrons. The minimum absolute atomic E-state index is 0.147. The Bertz CT molecular complexity index is 823. The van der Waals surface area contributed by atoms with Gasteiger partial charge in [0.05, 0.1) is 17.6 Å². The van der Waals surface area contributed by atoms with Gasteiger partial charge in [0.15, 0.2) is 5.78 Å². The fourth-order valence-electron chi connectivity index (χ4n) is 3.50. The third-order valence-corrected chi connectivity index (χ3v) is 4.55. The number of ether oxygens (including phenoxy) is 2.